The van der Waals surface area contributed by atoms with Crippen LogP contribution in [-0.2, 0) is 9.53 Å². The Bertz CT molecular complexity index is 862. The Labute approximate surface area is 165 Å². The van der Waals surface area contributed by atoms with Crippen molar-refractivity contribution in [1.29, 1.82) is 5.26 Å². The van der Waals surface area contributed by atoms with Crippen LogP contribution in [0.5, 0.6) is 0 Å². The molecule has 0 bridgehead atoms. The van der Waals surface area contributed by atoms with Gasteiger partial charge in [-0.3, -0.25) is 4.79 Å². The third kappa shape index (κ3) is 6.09. The van der Waals surface area contributed by atoms with Crippen molar-refractivity contribution in [2.75, 3.05) is 29.9 Å². The maximum absolute atomic E-state index is 12.5. The highest BCUT2D eigenvalue weighted by Crippen LogP contribution is 2.20. The summed E-state index contributed by atoms with van der Waals surface area (Å²) in [6.45, 7) is 3.81. The molecule has 1 heterocycles. The Morgan fingerprint density at radius 1 is 1.48 bits per heavy atom. The molecule has 1 aromatic heterocycles. The van der Waals surface area contributed by atoms with Gasteiger partial charge in [-0.15, -0.1) is 17.9 Å². The van der Waals surface area contributed by atoms with E-state index in [4.69, 9.17) is 21.6 Å². The topological polar surface area (TPSA) is 95.3 Å². The quantitative estimate of drug-likeness (QED) is 0.507. The number of nitrogens with one attached hydrogen (secondary N) is 1. The van der Waals surface area contributed by atoms with Crippen molar-refractivity contribution in [2.45, 2.75) is 6.42 Å². The van der Waals surface area contributed by atoms with E-state index in [1.165, 1.54) is 16.2 Å². The number of nitrogens with zero attached hydrogens (tertiary/aromatic N) is 3. The molecular formula is C18H17ClN4O3S. The molecule has 2 aromatic rings. The first-order valence-electron chi connectivity index (χ1n) is 7.95. The second-order valence-electron chi connectivity index (χ2n) is 5.22. The molecule has 0 aliphatic rings. The van der Waals surface area contributed by atoms with Gasteiger partial charge in [-0.2, -0.15) is 5.26 Å². The maximum atomic E-state index is 12.5. The van der Waals surface area contributed by atoms with Crippen molar-refractivity contribution >= 4 is 45.6 Å². The van der Waals surface area contributed by atoms with E-state index in [0.29, 0.717) is 22.4 Å². The number of carbonyl (C=O) groups is 2. The van der Waals surface area contributed by atoms with Gasteiger partial charge in [-0.1, -0.05) is 23.7 Å². The summed E-state index contributed by atoms with van der Waals surface area (Å²) in [5.41, 5.74) is 0.647. The van der Waals surface area contributed by atoms with E-state index in [1.54, 1.807) is 35.7 Å². The summed E-state index contributed by atoms with van der Waals surface area (Å²) in [6.07, 6.45) is 1.81. The molecular weight excluding hydrogens is 388 g/mol. The molecule has 27 heavy (non-hydrogen) atoms. The fourth-order valence-electron chi connectivity index (χ4n) is 2.09. The van der Waals surface area contributed by atoms with Gasteiger partial charge >= 0.3 is 5.97 Å². The van der Waals surface area contributed by atoms with Crippen LogP contribution in [0.2, 0.25) is 5.02 Å². The lowest BCUT2D eigenvalue weighted by Crippen LogP contribution is -2.35. The predicted octanol–water partition coefficient (Wildman–Crippen LogP) is 3.50. The molecule has 0 radical (unpaired) electrons. The molecule has 0 aliphatic carbocycles. The van der Waals surface area contributed by atoms with Crippen molar-refractivity contribution in [2.24, 2.45) is 0 Å². The molecule has 7 nitrogen and oxygen atoms in total. The van der Waals surface area contributed by atoms with Crippen molar-refractivity contribution in [3.8, 4) is 6.07 Å². The van der Waals surface area contributed by atoms with E-state index in [9.17, 15) is 9.59 Å². The van der Waals surface area contributed by atoms with Crippen LogP contribution < -0.4 is 10.2 Å². The van der Waals surface area contributed by atoms with Crippen molar-refractivity contribution in [3.63, 3.8) is 0 Å². The fourth-order valence-corrected chi connectivity index (χ4v) is 2.97. The summed E-state index contributed by atoms with van der Waals surface area (Å²) in [5.74, 6) is -1.15. The number of thiazole rings is 1. The van der Waals surface area contributed by atoms with Crippen LogP contribution in [0.3, 0.4) is 0 Å². The zero-order valence-corrected chi connectivity index (χ0v) is 15.9. The van der Waals surface area contributed by atoms with Crippen LogP contribution in [0.4, 0.5) is 10.8 Å². The lowest BCUT2D eigenvalue weighted by Gasteiger charge is -2.21. The highest BCUT2D eigenvalue weighted by molar-refractivity contribution is 7.13. The van der Waals surface area contributed by atoms with Gasteiger partial charge in [-0.05, 0) is 18.2 Å². The lowest BCUT2D eigenvalue weighted by molar-refractivity contribution is -0.121. The number of hydrogen-bond acceptors (Lipinski definition) is 7. The van der Waals surface area contributed by atoms with Crippen LogP contribution >= 0.6 is 22.9 Å². The SMILES string of the molecule is C=CCNc1nc(C(=O)OCC(=O)N(CCC#N)c2cccc(Cl)c2)cs1. The summed E-state index contributed by atoms with van der Waals surface area (Å²) in [5, 5.41) is 14.3. The molecule has 1 aromatic carbocycles. The minimum absolute atomic E-state index is 0.116. The van der Waals surface area contributed by atoms with Gasteiger partial charge in [0.2, 0.25) is 0 Å². The largest absolute Gasteiger partial charge is 0.451 e. The van der Waals surface area contributed by atoms with Gasteiger partial charge in [0.1, 0.15) is 0 Å². The molecule has 140 valence electrons. The predicted molar refractivity (Wildman–Crippen MR) is 105 cm³/mol. The van der Waals surface area contributed by atoms with E-state index in [2.05, 4.69) is 16.9 Å². The second kappa shape index (κ2) is 10.3. The molecule has 1 amide bonds. The van der Waals surface area contributed by atoms with Gasteiger partial charge in [-0.25, -0.2) is 9.78 Å². The van der Waals surface area contributed by atoms with E-state index in [1.807, 2.05) is 6.07 Å². The van der Waals surface area contributed by atoms with Crippen molar-refractivity contribution < 1.29 is 14.3 Å². The minimum Gasteiger partial charge on any atom is -0.451 e. The zero-order chi connectivity index (χ0) is 19.6. The Hall–Kier alpha value is -2.89. The third-order valence-electron chi connectivity index (χ3n) is 3.31. The highest BCUT2D eigenvalue weighted by atomic mass is 35.5. The van der Waals surface area contributed by atoms with E-state index in [0.717, 1.165) is 0 Å². The molecule has 0 spiro atoms. The number of halogens is 1. The zero-order valence-electron chi connectivity index (χ0n) is 14.4. The molecule has 0 saturated carbocycles. The van der Waals surface area contributed by atoms with Gasteiger partial charge in [0.15, 0.2) is 17.4 Å². The Morgan fingerprint density at radius 3 is 3.00 bits per heavy atom. The fraction of sp³-hybridized carbons (Fsp3) is 0.222. The number of amides is 1. The third-order valence-corrected chi connectivity index (χ3v) is 4.34. The van der Waals surface area contributed by atoms with Crippen LogP contribution in [0.15, 0.2) is 42.3 Å². The first kappa shape index (κ1) is 20.4. The molecule has 0 fully saturated rings. The van der Waals surface area contributed by atoms with E-state index >= 15 is 0 Å². The van der Waals surface area contributed by atoms with Crippen LogP contribution in [0, 0.1) is 11.3 Å². The number of carbonyl (C=O) groups excluding carboxylic acids is 2. The average molecular weight is 405 g/mol. The van der Waals surface area contributed by atoms with E-state index < -0.39 is 18.5 Å². The van der Waals surface area contributed by atoms with Gasteiger partial charge in [0, 0.05) is 29.2 Å². The Morgan fingerprint density at radius 2 is 2.30 bits per heavy atom. The summed E-state index contributed by atoms with van der Waals surface area (Å²) >= 11 is 7.22. The number of nitriles is 1. The monoisotopic (exact) mass is 404 g/mol. The van der Waals surface area contributed by atoms with E-state index in [-0.39, 0.29) is 18.7 Å². The number of esters is 1. The second-order valence-corrected chi connectivity index (χ2v) is 6.51. The first-order chi connectivity index (χ1) is 13.0. The number of ether oxygens (including phenoxy) is 1. The highest BCUT2D eigenvalue weighted by Gasteiger charge is 2.19. The van der Waals surface area contributed by atoms with Gasteiger partial charge in [0.05, 0.1) is 12.5 Å². The summed E-state index contributed by atoms with van der Waals surface area (Å²) in [7, 11) is 0. The van der Waals surface area contributed by atoms with Crippen LogP contribution in [-0.4, -0.2) is 36.6 Å². The molecule has 9 heteroatoms. The number of aromatic nitrogens is 1. The number of rotatable bonds is 9. The lowest BCUT2D eigenvalue weighted by atomic mass is 10.2. The smallest absolute Gasteiger partial charge is 0.358 e. The normalized spacial score (nSPS) is 9.93. The number of hydrogen-bond donors (Lipinski definition) is 1. The maximum Gasteiger partial charge on any atom is 0.358 e. The molecule has 0 atom stereocenters. The first-order valence-corrected chi connectivity index (χ1v) is 9.21. The Kier molecular flexibility index (Phi) is 7.79. The molecule has 0 saturated heterocycles. The average Bonchev–Trinajstić information content (AvgIpc) is 3.14. The molecule has 2 rings (SSSR count). The minimum atomic E-state index is -0.697. The van der Waals surface area contributed by atoms with Crippen molar-refractivity contribution in [1.82, 2.24) is 4.98 Å². The summed E-state index contributed by atoms with van der Waals surface area (Å²) in [4.78, 5) is 30.0. The summed E-state index contributed by atoms with van der Waals surface area (Å²) < 4.78 is 5.07. The number of anilines is 2. The standard InChI is InChI=1S/C18H17ClN4O3S/c1-2-8-21-18-22-15(12-27-18)17(25)26-11-16(24)23(9-4-7-20)14-6-3-5-13(19)10-14/h2-3,5-6,10,12H,1,4,8-9,11H2,(H,21,22). The Balaban J connectivity index is 2.00. The summed E-state index contributed by atoms with van der Waals surface area (Å²) in [6, 6.07) is 8.67. The van der Waals surface area contributed by atoms with Crippen LogP contribution in [0.1, 0.15) is 16.9 Å². The van der Waals surface area contributed by atoms with Gasteiger partial charge < -0.3 is 15.0 Å². The molecule has 0 unspecified atom stereocenters. The van der Waals surface area contributed by atoms with Gasteiger partial charge in [0.25, 0.3) is 5.91 Å². The van der Waals surface area contributed by atoms with Crippen molar-refractivity contribution in [3.05, 3.63) is 53.0 Å². The molecule has 1 N–H and O–H groups in total. The number of benzene rings is 1. The molecule has 0 aliphatic heterocycles. The van der Waals surface area contributed by atoms with Crippen LogP contribution in [0.25, 0.3) is 0 Å².